The second kappa shape index (κ2) is 13.4. The van der Waals surface area contributed by atoms with Crippen LogP contribution in [0.3, 0.4) is 0 Å². The van der Waals surface area contributed by atoms with Gasteiger partial charge in [-0.25, -0.2) is 0 Å². The Bertz CT molecular complexity index is 797. The molecule has 0 bridgehead atoms. The molecule has 7 heteroatoms. The van der Waals surface area contributed by atoms with Crippen LogP contribution in [0.15, 0.2) is 12.3 Å². The molecule has 0 radical (unpaired) electrons. The monoisotopic (exact) mass is 466 g/mol. The van der Waals surface area contributed by atoms with Gasteiger partial charge in [0.1, 0.15) is 0 Å². The van der Waals surface area contributed by atoms with Crippen molar-refractivity contribution in [1.29, 1.82) is 0 Å². The summed E-state index contributed by atoms with van der Waals surface area (Å²) in [5.41, 5.74) is 2.38. The second-order valence-corrected chi connectivity index (χ2v) is 9.75. The van der Waals surface area contributed by atoms with E-state index in [0.29, 0.717) is 12.5 Å². The zero-order chi connectivity index (χ0) is 23.6. The maximum absolute atomic E-state index is 8.96. The molecule has 1 fully saturated rings. The first-order chi connectivity index (χ1) is 15.5. The predicted octanol–water partition coefficient (Wildman–Crippen LogP) is 5.43. The molecule has 184 valence electrons. The van der Waals surface area contributed by atoms with Gasteiger partial charge in [-0.3, -0.25) is 9.58 Å². The molecule has 4 heterocycles. The Morgan fingerprint density at radius 2 is 2.06 bits per heavy atom. The summed E-state index contributed by atoms with van der Waals surface area (Å²) in [4.78, 5) is 5.53. The van der Waals surface area contributed by atoms with Crippen LogP contribution in [0.4, 0.5) is 0 Å². The van der Waals surface area contributed by atoms with E-state index in [1.165, 1.54) is 16.9 Å². The van der Waals surface area contributed by atoms with Gasteiger partial charge in [-0.1, -0.05) is 46.3 Å². The van der Waals surface area contributed by atoms with Crippen LogP contribution in [-0.2, 0) is 36.3 Å². The number of fused-ring (bicyclic) bond motifs is 2. The Morgan fingerprint density at radius 1 is 1.31 bits per heavy atom. The smallest absolute Gasteiger partial charge is 0.0969 e. The lowest BCUT2D eigenvalue weighted by Gasteiger charge is -2.47. The third-order valence-corrected chi connectivity index (χ3v) is 7.29. The van der Waals surface area contributed by atoms with Gasteiger partial charge in [0.25, 0.3) is 0 Å². The summed E-state index contributed by atoms with van der Waals surface area (Å²) in [6.45, 7) is 16.4. The van der Waals surface area contributed by atoms with Gasteiger partial charge in [0.15, 0.2) is 0 Å². The van der Waals surface area contributed by atoms with Crippen LogP contribution in [-0.4, -0.2) is 50.8 Å². The van der Waals surface area contributed by atoms with E-state index in [-0.39, 0.29) is 13.6 Å². The number of thiophene rings is 1. The minimum absolute atomic E-state index is 0. The fourth-order valence-electron chi connectivity index (χ4n) is 4.47. The van der Waals surface area contributed by atoms with E-state index < -0.39 is 0 Å². The second-order valence-electron chi connectivity index (χ2n) is 8.53. The highest BCUT2D eigenvalue weighted by molar-refractivity contribution is 7.12. The number of piperidine rings is 1. The zero-order valence-electron chi connectivity index (χ0n) is 21.1. The molecule has 1 N–H and O–H groups in total. The van der Waals surface area contributed by atoms with Gasteiger partial charge in [0.05, 0.1) is 17.9 Å². The molecule has 2 aliphatic heterocycles. The Hall–Kier alpha value is -1.28. The molecule has 32 heavy (non-hydrogen) atoms. The van der Waals surface area contributed by atoms with Crippen LogP contribution in [0, 0.1) is 0 Å². The highest BCUT2D eigenvalue weighted by atomic mass is 32.1. The van der Waals surface area contributed by atoms with Crippen molar-refractivity contribution in [3.63, 3.8) is 0 Å². The van der Waals surface area contributed by atoms with E-state index in [2.05, 4.69) is 49.0 Å². The van der Waals surface area contributed by atoms with Gasteiger partial charge in [-0.15, -0.1) is 16.4 Å². The molecular weight excluding hydrogens is 420 g/mol. The number of nitrogens with zero attached hydrogens (tertiary/aromatic N) is 4. The molecule has 4 rings (SSSR count). The number of aliphatic hydroxyl groups excluding tert-OH is 1. The lowest BCUT2D eigenvalue weighted by Crippen LogP contribution is -2.50. The fraction of sp³-hybridized carbons (Fsp3) is 0.760. The predicted molar refractivity (Wildman–Crippen MR) is 135 cm³/mol. The van der Waals surface area contributed by atoms with Crippen molar-refractivity contribution in [2.45, 2.75) is 105 Å². The van der Waals surface area contributed by atoms with Crippen LogP contribution >= 0.6 is 11.3 Å². The van der Waals surface area contributed by atoms with E-state index in [0.717, 1.165) is 57.6 Å². The average molecular weight is 467 g/mol. The molecule has 2 aromatic heterocycles. The summed E-state index contributed by atoms with van der Waals surface area (Å²) in [5.74, 6) is 0. The first-order valence-corrected chi connectivity index (χ1v) is 13.4. The van der Waals surface area contributed by atoms with Gasteiger partial charge in [-0.2, -0.15) is 0 Å². The molecule has 1 saturated heterocycles. The molecular formula is C25H46N4O2S. The number of aryl methyl sites for hydroxylation is 2. The third-order valence-electron chi connectivity index (χ3n) is 5.95. The number of hydrogen-bond donors (Lipinski definition) is 1. The zero-order valence-corrected chi connectivity index (χ0v) is 21.9. The summed E-state index contributed by atoms with van der Waals surface area (Å²) in [7, 11) is 0. The van der Waals surface area contributed by atoms with Crippen molar-refractivity contribution in [1.82, 2.24) is 19.9 Å². The molecule has 2 atom stereocenters. The van der Waals surface area contributed by atoms with E-state index in [1.807, 2.05) is 36.1 Å². The molecule has 0 aliphatic carbocycles. The Labute approximate surface area is 200 Å². The van der Waals surface area contributed by atoms with Crippen LogP contribution < -0.4 is 0 Å². The van der Waals surface area contributed by atoms with E-state index in [1.54, 1.807) is 4.88 Å². The van der Waals surface area contributed by atoms with Crippen molar-refractivity contribution >= 4 is 11.3 Å². The maximum atomic E-state index is 8.96. The molecule has 1 unspecified atom stereocenters. The third kappa shape index (κ3) is 6.62. The summed E-state index contributed by atoms with van der Waals surface area (Å²) in [5, 5.41) is 17.4. The Morgan fingerprint density at radius 3 is 2.72 bits per heavy atom. The van der Waals surface area contributed by atoms with E-state index in [4.69, 9.17) is 9.84 Å². The van der Waals surface area contributed by atoms with Crippen molar-refractivity contribution in [2.24, 2.45) is 0 Å². The molecule has 0 saturated carbocycles. The van der Waals surface area contributed by atoms with Gasteiger partial charge < -0.3 is 9.84 Å². The molecule has 0 amide bonds. The van der Waals surface area contributed by atoms with Gasteiger partial charge in [0, 0.05) is 56.1 Å². The first kappa shape index (κ1) is 27.0. The Kier molecular flexibility index (Phi) is 11.3. The average Bonchev–Trinajstić information content (AvgIpc) is 3.44. The number of hydrogen-bond acceptors (Lipinski definition) is 6. The van der Waals surface area contributed by atoms with Crippen molar-refractivity contribution < 1.29 is 11.3 Å². The number of ether oxygens (including phenoxy) is 1. The van der Waals surface area contributed by atoms with Crippen LogP contribution in [0.1, 0.15) is 89.7 Å². The summed E-state index contributed by atoms with van der Waals surface area (Å²) < 4.78 is 8.26. The standard InChI is InChI=1S/C20H30N4O2S.C3H8.C2H6.H2/c1-3-17-11-18-19(27-17)5-10-26-20(18)6-8-23(15(2)12-20)13-16-14-24(22-21-16)7-4-9-25;1-3-2;1-2;/h11,14-15,25H,3-10,12-13H2,1-2H3;3H2,1-2H3;1-2H3;1H/t15?,20-;;;/m1.../s1. The Balaban J connectivity index is 0.000000841. The minimum Gasteiger partial charge on any atom is -0.396 e. The fourth-order valence-corrected chi connectivity index (χ4v) is 5.65. The van der Waals surface area contributed by atoms with Gasteiger partial charge in [-0.05, 0) is 44.2 Å². The molecule has 6 nitrogen and oxygen atoms in total. The van der Waals surface area contributed by atoms with Crippen molar-refractivity contribution in [3.8, 4) is 0 Å². The lowest BCUT2D eigenvalue weighted by molar-refractivity contribution is -0.112. The van der Waals surface area contributed by atoms with Crippen LogP contribution in [0.25, 0.3) is 0 Å². The SMILES string of the molecule is CC.CCC.CCc1cc2c(s1)CCO[C@@]21CCN(Cc2cn(CCCO)nn2)C(C)C1.[HH]. The highest BCUT2D eigenvalue weighted by Crippen LogP contribution is 2.46. The van der Waals surface area contributed by atoms with Gasteiger partial charge >= 0.3 is 0 Å². The van der Waals surface area contributed by atoms with Crippen molar-refractivity contribution in [2.75, 3.05) is 19.8 Å². The highest BCUT2D eigenvalue weighted by Gasteiger charge is 2.44. The number of rotatable bonds is 6. The van der Waals surface area contributed by atoms with E-state index in [9.17, 15) is 0 Å². The van der Waals surface area contributed by atoms with E-state index >= 15 is 0 Å². The summed E-state index contributed by atoms with van der Waals surface area (Å²) >= 11 is 1.98. The number of likely N-dealkylation sites (tertiary alicyclic amines) is 1. The minimum atomic E-state index is -0.0911. The van der Waals surface area contributed by atoms with Crippen LogP contribution in [0.5, 0.6) is 0 Å². The first-order valence-electron chi connectivity index (χ1n) is 12.5. The lowest BCUT2D eigenvalue weighted by atomic mass is 9.79. The van der Waals surface area contributed by atoms with Gasteiger partial charge in [0.2, 0.25) is 0 Å². The number of aliphatic hydroxyl groups is 1. The molecule has 2 aliphatic rings. The number of aromatic nitrogens is 3. The molecule has 0 aromatic carbocycles. The molecule has 2 aromatic rings. The normalized spacial score (nSPS) is 22.5. The summed E-state index contributed by atoms with van der Waals surface area (Å²) in [6, 6.07) is 2.85. The quantitative estimate of drug-likeness (QED) is 0.615. The van der Waals surface area contributed by atoms with Crippen molar-refractivity contribution in [3.05, 3.63) is 33.3 Å². The topological polar surface area (TPSA) is 63.4 Å². The van der Waals surface area contributed by atoms with Crippen LogP contribution in [0.2, 0.25) is 0 Å². The maximum Gasteiger partial charge on any atom is 0.0969 e. The largest absolute Gasteiger partial charge is 0.396 e. The summed E-state index contributed by atoms with van der Waals surface area (Å²) in [6.07, 6.45) is 8.24. The molecule has 1 spiro atoms.